The second-order valence-corrected chi connectivity index (χ2v) is 5.77. The van der Waals surface area contributed by atoms with Crippen molar-refractivity contribution in [2.45, 2.75) is 24.8 Å². The van der Waals surface area contributed by atoms with Crippen LogP contribution in [-0.4, -0.2) is 10.1 Å². The minimum absolute atomic E-state index is 0.285. The van der Waals surface area contributed by atoms with Crippen molar-refractivity contribution in [3.63, 3.8) is 0 Å². The van der Waals surface area contributed by atoms with Crippen molar-refractivity contribution in [2.24, 2.45) is 5.73 Å². The molecular weight excluding hydrogens is 290 g/mol. The fraction of sp³-hybridized carbons (Fsp3) is 0.400. The molecule has 6 heteroatoms. The van der Waals surface area contributed by atoms with Gasteiger partial charge in [0.15, 0.2) is 5.82 Å². The van der Waals surface area contributed by atoms with Crippen LogP contribution < -0.4 is 5.73 Å². The molecule has 1 fully saturated rings. The molecule has 2 aromatic heterocycles. The summed E-state index contributed by atoms with van der Waals surface area (Å²) in [4.78, 5) is 5.38. The highest BCUT2D eigenvalue weighted by molar-refractivity contribution is 9.10. The maximum Gasteiger partial charge on any atom is 0.229 e. The number of thiophene rings is 1. The topological polar surface area (TPSA) is 64.9 Å². The molecule has 0 amide bonds. The summed E-state index contributed by atoms with van der Waals surface area (Å²) >= 11 is 4.99. The molecule has 0 saturated heterocycles. The third kappa shape index (κ3) is 1.92. The highest BCUT2D eigenvalue weighted by Gasteiger charge is 2.30. The Morgan fingerprint density at radius 2 is 2.38 bits per heavy atom. The Kier molecular flexibility index (Phi) is 2.57. The van der Waals surface area contributed by atoms with Crippen LogP contribution in [0.5, 0.6) is 0 Å². The zero-order chi connectivity index (χ0) is 11.1. The second kappa shape index (κ2) is 3.94. The van der Waals surface area contributed by atoms with E-state index in [0.717, 1.165) is 28.1 Å². The third-order valence-corrected chi connectivity index (χ3v) is 4.33. The van der Waals surface area contributed by atoms with Crippen molar-refractivity contribution in [3.8, 4) is 0 Å². The Hall–Kier alpha value is -0.720. The number of halogens is 1. The van der Waals surface area contributed by atoms with Crippen molar-refractivity contribution in [1.29, 1.82) is 0 Å². The standard InChI is InChI=1S/C10H10BrN3OS/c11-6-3-7(16-4-6)8(12)9-13-10(15-14-9)5-1-2-5/h3-5,8H,1-2,12H2. The van der Waals surface area contributed by atoms with E-state index in [-0.39, 0.29) is 6.04 Å². The van der Waals surface area contributed by atoms with Crippen LogP contribution in [0.4, 0.5) is 0 Å². The maximum absolute atomic E-state index is 6.07. The maximum atomic E-state index is 6.07. The van der Waals surface area contributed by atoms with E-state index in [0.29, 0.717) is 11.7 Å². The number of hydrogen-bond acceptors (Lipinski definition) is 5. The van der Waals surface area contributed by atoms with Crippen molar-refractivity contribution >= 4 is 27.3 Å². The average molecular weight is 300 g/mol. The predicted octanol–water partition coefficient (Wildman–Crippen LogP) is 2.82. The summed E-state index contributed by atoms with van der Waals surface area (Å²) in [6.45, 7) is 0. The summed E-state index contributed by atoms with van der Waals surface area (Å²) < 4.78 is 6.23. The summed E-state index contributed by atoms with van der Waals surface area (Å²) in [5.74, 6) is 1.79. The zero-order valence-electron chi connectivity index (χ0n) is 8.39. The lowest BCUT2D eigenvalue weighted by Crippen LogP contribution is -2.12. The molecule has 3 rings (SSSR count). The Bertz CT molecular complexity index is 506. The number of hydrogen-bond donors (Lipinski definition) is 1. The fourth-order valence-corrected chi connectivity index (χ4v) is 2.93. The lowest BCUT2D eigenvalue weighted by atomic mass is 10.2. The molecule has 1 aliphatic carbocycles. The van der Waals surface area contributed by atoms with E-state index < -0.39 is 0 Å². The van der Waals surface area contributed by atoms with Gasteiger partial charge in [0.2, 0.25) is 5.89 Å². The quantitative estimate of drug-likeness (QED) is 0.946. The molecule has 0 aromatic carbocycles. The van der Waals surface area contributed by atoms with Gasteiger partial charge in [0.1, 0.15) is 6.04 Å². The van der Waals surface area contributed by atoms with Gasteiger partial charge >= 0.3 is 0 Å². The van der Waals surface area contributed by atoms with Gasteiger partial charge in [-0.3, -0.25) is 0 Å². The predicted molar refractivity (Wildman–Crippen MR) is 64.3 cm³/mol. The van der Waals surface area contributed by atoms with Gasteiger partial charge in [-0.15, -0.1) is 11.3 Å². The van der Waals surface area contributed by atoms with Crippen LogP contribution in [0.3, 0.4) is 0 Å². The highest BCUT2D eigenvalue weighted by Crippen LogP contribution is 2.39. The molecule has 1 saturated carbocycles. The minimum atomic E-state index is -0.285. The molecule has 1 aliphatic rings. The van der Waals surface area contributed by atoms with Gasteiger partial charge in [-0.2, -0.15) is 4.98 Å². The molecular formula is C10H10BrN3OS. The first kappa shape index (κ1) is 10.4. The van der Waals surface area contributed by atoms with Gasteiger partial charge in [-0.1, -0.05) is 5.16 Å². The molecule has 0 bridgehead atoms. The zero-order valence-corrected chi connectivity index (χ0v) is 10.8. The van der Waals surface area contributed by atoms with Gasteiger partial charge < -0.3 is 10.3 Å². The lowest BCUT2D eigenvalue weighted by molar-refractivity contribution is 0.372. The fourth-order valence-electron chi connectivity index (χ4n) is 1.49. The highest BCUT2D eigenvalue weighted by atomic mass is 79.9. The molecule has 2 N–H and O–H groups in total. The molecule has 2 heterocycles. The van der Waals surface area contributed by atoms with E-state index in [2.05, 4.69) is 26.1 Å². The molecule has 4 nitrogen and oxygen atoms in total. The number of nitrogens with zero attached hydrogens (tertiary/aromatic N) is 2. The number of nitrogens with two attached hydrogens (primary N) is 1. The van der Waals surface area contributed by atoms with E-state index >= 15 is 0 Å². The van der Waals surface area contributed by atoms with Crippen molar-refractivity contribution in [3.05, 3.63) is 32.5 Å². The van der Waals surface area contributed by atoms with E-state index in [9.17, 15) is 0 Å². The van der Waals surface area contributed by atoms with Gasteiger partial charge in [-0.25, -0.2) is 0 Å². The van der Waals surface area contributed by atoms with Crippen LogP contribution in [0.1, 0.15) is 41.4 Å². The Labute approximate surface area is 105 Å². The van der Waals surface area contributed by atoms with Gasteiger partial charge in [-0.05, 0) is 34.8 Å². The summed E-state index contributed by atoms with van der Waals surface area (Å²) in [6.07, 6.45) is 2.31. The van der Waals surface area contributed by atoms with E-state index in [1.54, 1.807) is 11.3 Å². The molecule has 1 unspecified atom stereocenters. The van der Waals surface area contributed by atoms with Gasteiger partial charge in [0.25, 0.3) is 0 Å². The van der Waals surface area contributed by atoms with Crippen LogP contribution >= 0.6 is 27.3 Å². The van der Waals surface area contributed by atoms with Crippen LogP contribution in [-0.2, 0) is 0 Å². The SMILES string of the molecule is NC(c1noc(C2CC2)n1)c1cc(Br)cs1. The third-order valence-electron chi connectivity index (χ3n) is 2.56. The van der Waals surface area contributed by atoms with Crippen molar-refractivity contribution in [2.75, 3.05) is 0 Å². The molecule has 0 spiro atoms. The van der Waals surface area contributed by atoms with Gasteiger partial charge in [0, 0.05) is 20.6 Å². The first-order chi connectivity index (χ1) is 7.74. The van der Waals surface area contributed by atoms with Crippen LogP contribution in [0.25, 0.3) is 0 Å². The largest absolute Gasteiger partial charge is 0.339 e. The Morgan fingerprint density at radius 1 is 1.56 bits per heavy atom. The molecule has 84 valence electrons. The molecule has 0 radical (unpaired) electrons. The lowest BCUT2D eigenvalue weighted by Gasteiger charge is -2.01. The smallest absolute Gasteiger partial charge is 0.229 e. The number of aromatic nitrogens is 2. The van der Waals surface area contributed by atoms with Crippen LogP contribution in [0, 0.1) is 0 Å². The first-order valence-electron chi connectivity index (χ1n) is 5.07. The monoisotopic (exact) mass is 299 g/mol. The Morgan fingerprint density at radius 3 is 3.00 bits per heavy atom. The van der Waals surface area contributed by atoms with Crippen molar-refractivity contribution in [1.82, 2.24) is 10.1 Å². The Balaban J connectivity index is 1.84. The summed E-state index contributed by atoms with van der Waals surface area (Å²) in [5, 5.41) is 5.94. The molecule has 0 aliphatic heterocycles. The molecule has 16 heavy (non-hydrogen) atoms. The van der Waals surface area contributed by atoms with E-state index in [4.69, 9.17) is 10.3 Å². The van der Waals surface area contributed by atoms with E-state index in [1.807, 2.05) is 11.4 Å². The van der Waals surface area contributed by atoms with Crippen LogP contribution in [0.15, 0.2) is 20.4 Å². The van der Waals surface area contributed by atoms with Crippen LogP contribution in [0.2, 0.25) is 0 Å². The first-order valence-corrected chi connectivity index (χ1v) is 6.74. The molecule has 1 atom stereocenters. The second-order valence-electron chi connectivity index (χ2n) is 3.91. The normalized spacial score (nSPS) is 17.6. The van der Waals surface area contributed by atoms with Gasteiger partial charge in [0.05, 0.1) is 0 Å². The summed E-state index contributed by atoms with van der Waals surface area (Å²) in [5.41, 5.74) is 6.07. The number of rotatable bonds is 3. The summed E-state index contributed by atoms with van der Waals surface area (Å²) in [7, 11) is 0. The molecule has 2 aromatic rings. The average Bonchev–Trinajstić information content (AvgIpc) is 2.86. The van der Waals surface area contributed by atoms with E-state index in [1.165, 1.54) is 0 Å². The minimum Gasteiger partial charge on any atom is -0.339 e. The van der Waals surface area contributed by atoms with Crippen molar-refractivity contribution < 1.29 is 4.52 Å². The summed E-state index contributed by atoms with van der Waals surface area (Å²) in [6, 6.07) is 1.70.